The second-order valence-electron chi connectivity index (χ2n) is 3.36. The molecule has 1 rings (SSSR count). The van der Waals surface area contributed by atoms with Crippen LogP contribution in [-0.2, 0) is 4.74 Å². The van der Waals surface area contributed by atoms with Crippen molar-refractivity contribution in [2.45, 2.75) is 26.3 Å². The van der Waals surface area contributed by atoms with Crippen molar-refractivity contribution in [3.05, 3.63) is 0 Å². The highest BCUT2D eigenvalue weighted by atomic mass is 16.5. The maximum atomic E-state index is 5.23. The Bertz CT molecular complexity index is 87.3. The molecule has 0 aromatic rings. The molecule has 0 spiro atoms. The molecule has 0 aromatic carbocycles. The normalized spacial score (nSPS) is 26.1. The Kier molecular flexibility index (Phi) is 3.16. The summed E-state index contributed by atoms with van der Waals surface area (Å²) in [6, 6.07) is 0.627. The summed E-state index contributed by atoms with van der Waals surface area (Å²) in [7, 11) is 0. The highest BCUT2D eigenvalue weighted by Gasteiger charge is 2.14. The molecule has 0 amide bonds. The van der Waals surface area contributed by atoms with E-state index in [0.29, 0.717) is 6.04 Å². The topological polar surface area (TPSA) is 21.3 Å². The standard InChI is InChI=1S/C8H17NO/c1-7(2)5-9-8-3-4-10-6-8/h7-9H,3-6H2,1-2H3/t8-/m0/s1. The molecule has 1 atom stereocenters. The number of hydrogen-bond donors (Lipinski definition) is 1. The van der Waals surface area contributed by atoms with Gasteiger partial charge in [-0.05, 0) is 18.9 Å². The van der Waals surface area contributed by atoms with Gasteiger partial charge in [0.2, 0.25) is 0 Å². The van der Waals surface area contributed by atoms with Crippen molar-refractivity contribution in [1.82, 2.24) is 5.32 Å². The molecule has 1 N–H and O–H groups in total. The lowest BCUT2D eigenvalue weighted by Gasteiger charge is -2.11. The molecular weight excluding hydrogens is 126 g/mol. The number of nitrogens with one attached hydrogen (secondary N) is 1. The minimum atomic E-state index is 0.627. The smallest absolute Gasteiger partial charge is 0.0620 e. The minimum Gasteiger partial charge on any atom is -0.380 e. The molecule has 1 aliphatic rings. The Morgan fingerprint density at radius 1 is 1.60 bits per heavy atom. The first kappa shape index (κ1) is 8.02. The summed E-state index contributed by atoms with van der Waals surface area (Å²) in [6.45, 7) is 7.42. The Balaban J connectivity index is 2.01. The van der Waals surface area contributed by atoms with E-state index in [2.05, 4.69) is 19.2 Å². The number of hydrogen-bond acceptors (Lipinski definition) is 2. The van der Waals surface area contributed by atoms with Gasteiger partial charge in [0, 0.05) is 12.6 Å². The zero-order valence-electron chi connectivity index (χ0n) is 6.89. The van der Waals surface area contributed by atoms with Gasteiger partial charge in [0.25, 0.3) is 0 Å². The second-order valence-corrected chi connectivity index (χ2v) is 3.36. The summed E-state index contributed by atoms with van der Waals surface area (Å²) in [5, 5.41) is 3.46. The first-order valence-corrected chi connectivity index (χ1v) is 4.10. The summed E-state index contributed by atoms with van der Waals surface area (Å²) in [4.78, 5) is 0. The largest absolute Gasteiger partial charge is 0.380 e. The molecule has 1 saturated heterocycles. The van der Waals surface area contributed by atoms with E-state index in [1.807, 2.05) is 0 Å². The van der Waals surface area contributed by atoms with E-state index >= 15 is 0 Å². The van der Waals surface area contributed by atoms with Crippen LogP contribution in [0.3, 0.4) is 0 Å². The van der Waals surface area contributed by atoms with Gasteiger partial charge in [-0.3, -0.25) is 0 Å². The first-order chi connectivity index (χ1) is 4.79. The van der Waals surface area contributed by atoms with Crippen molar-refractivity contribution in [1.29, 1.82) is 0 Å². The van der Waals surface area contributed by atoms with Gasteiger partial charge in [-0.15, -0.1) is 0 Å². The third-order valence-electron chi connectivity index (χ3n) is 1.74. The van der Waals surface area contributed by atoms with Gasteiger partial charge in [0.05, 0.1) is 6.61 Å². The molecule has 0 saturated carbocycles. The fraction of sp³-hybridized carbons (Fsp3) is 1.00. The van der Waals surface area contributed by atoms with Crippen LogP contribution in [0, 0.1) is 5.92 Å². The van der Waals surface area contributed by atoms with Crippen LogP contribution in [-0.4, -0.2) is 25.8 Å². The van der Waals surface area contributed by atoms with E-state index in [9.17, 15) is 0 Å². The zero-order chi connectivity index (χ0) is 7.40. The van der Waals surface area contributed by atoms with Crippen LogP contribution >= 0.6 is 0 Å². The molecule has 2 heteroatoms. The highest BCUT2D eigenvalue weighted by Crippen LogP contribution is 2.03. The molecule has 10 heavy (non-hydrogen) atoms. The summed E-state index contributed by atoms with van der Waals surface area (Å²) in [5.41, 5.74) is 0. The molecule has 0 unspecified atom stereocenters. The molecule has 1 fully saturated rings. The summed E-state index contributed by atoms with van der Waals surface area (Å²) < 4.78 is 5.23. The Morgan fingerprint density at radius 3 is 2.90 bits per heavy atom. The fourth-order valence-corrected chi connectivity index (χ4v) is 1.10. The average Bonchev–Trinajstić information content (AvgIpc) is 2.34. The molecule has 0 aromatic heterocycles. The lowest BCUT2D eigenvalue weighted by molar-refractivity contribution is 0.189. The van der Waals surface area contributed by atoms with Gasteiger partial charge in [0.1, 0.15) is 0 Å². The molecule has 1 heterocycles. The predicted octanol–water partition coefficient (Wildman–Crippen LogP) is 1.02. The van der Waals surface area contributed by atoms with Crippen LogP contribution in [0.5, 0.6) is 0 Å². The molecule has 2 nitrogen and oxygen atoms in total. The van der Waals surface area contributed by atoms with E-state index in [1.165, 1.54) is 6.42 Å². The molecule has 0 aliphatic carbocycles. The van der Waals surface area contributed by atoms with E-state index in [1.54, 1.807) is 0 Å². The van der Waals surface area contributed by atoms with Gasteiger partial charge in [-0.2, -0.15) is 0 Å². The molecule has 60 valence electrons. The van der Waals surface area contributed by atoms with Crippen LogP contribution in [0.2, 0.25) is 0 Å². The Hall–Kier alpha value is -0.0800. The van der Waals surface area contributed by atoms with Crippen molar-refractivity contribution < 1.29 is 4.74 Å². The van der Waals surface area contributed by atoms with E-state index < -0.39 is 0 Å². The second kappa shape index (κ2) is 3.94. The van der Waals surface area contributed by atoms with Crippen molar-refractivity contribution >= 4 is 0 Å². The summed E-state index contributed by atoms with van der Waals surface area (Å²) in [5.74, 6) is 0.751. The van der Waals surface area contributed by atoms with Crippen LogP contribution in [0.15, 0.2) is 0 Å². The predicted molar refractivity (Wildman–Crippen MR) is 42.1 cm³/mol. The summed E-state index contributed by atoms with van der Waals surface area (Å²) >= 11 is 0. The average molecular weight is 143 g/mol. The van der Waals surface area contributed by atoms with Crippen molar-refractivity contribution in [3.8, 4) is 0 Å². The highest BCUT2D eigenvalue weighted by molar-refractivity contribution is 4.71. The molecule has 1 aliphatic heterocycles. The van der Waals surface area contributed by atoms with Crippen molar-refractivity contribution in [2.75, 3.05) is 19.8 Å². The van der Waals surface area contributed by atoms with Crippen molar-refractivity contribution in [2.24, 2.45) is 5.92 Å². The van der Waals surface area contributed by atoms with Crippen LogP contribution in [0.25, 0.3) is 0 Å². The van der Waals surface area contributed by atoms with E-state index in [-0.39, 0.29) is 0 Å². The molecular formula is C8H17NO. The third kappa shape index (κ3) is 2.67. The monoisotopic (exact) mass is 143 g/mol. The van der Waals surface area contributed by atoms with Gasteiger partial charge in [0.15, 0.2) is 0 Å². The Labute approximate surface area is 63.0 Å². The lowest BCUT2D eigenvalue weighted by Crippen LogP contribution is -2.32. The Morgan fingerprint density at radius 2 is 2.40 bits per heavy atom. The maximum absolute atomic E-state index is 5.23. The van der Waals surface area contributed by atoms with Crippen molar-refractivity contribution in [3.63, 3.8) is 0 Å². The minimum absolute atomic E-state index is 0.627. The summed E-state index contributed by atoms with van der Waals surface area (Å²) in [6.07, 6.45) is 1.19. The quantitative estimate of drug-likeness (QED) is 0.637. The molecule has 0 radical (unpaired) electrons. The van der Waals surface area contributed by atoms with Gasteiger partial charge in [-0.25, -0.2) is 0 Å². The van der Waals surface area contributed by atoms with E-state index in [0.717, 1.165) is 25.7 Å². The third-order valence-corrected chi connectivity index (χ3v) is 1.74. The van der Waals surface area contributed by atoms with Gasteiger partial charge < -0.3 is 10.1 Å². The van der Waals surface area contributed by atoms with Gasteiger partial charge in [-0.1, -0.05) is 13.8 Å². The number of rotatable bonds is 3. The first-order valence-electron chi connectivity index (χ1n) is 4.10. The van der Waals surface area contributed by atoms with Gasteiger partial charge >= 0.3 is 0 Å². The fourth-order valence-electron chi connectivity index (χ4n) is 1.10. The van der Waals surface area contributed by atoms with E-state index in [4.69, 9.17) is 4.74 Å². The zero-order valence-corrected chi connectivity index (χ0v) is 6.89. The lowest BCUT2D eigenvalue weighted by atomic mass is 10.2. The van der Waals surface area contributed by atoms with Crippen LogP contribution in [0.1, 0.15) is 20.3 Å². The SMILES string of the molecule is CC(C)CN[C@H]1CCOC1. The number of ether oxygens (including phenoxy) is 1. The molecule has 0 bridgehead atoms. The van der Waals surface area contributed by atoms with Crippen LogP contribution < -0.4 is 5.32 Å². The van der Waals surface area contributed by atoms with Crippen LogP contribution in [0.4, 0.5) is 0 Å². The maximum Gasteiger partial charge on any atom is 0.0620 e.